The number of benzene rings is 2. The first kappa shape index (κ1) is 21.2. The minimum atomic E-state index is -4.82. The molecule has 1 aromatic heterocycles. The van der Waals surface area contributed by atoms with Crippen molar-refractivity contribution in [1.82, 2.24) is 10.3 Å². The highest BCUT2D eigenvalue weighted by Crippen LogP contribution is 2.31. The Bertz CT molecular complexity index is 1080. The third-order valence-corrected chi connectivity index (χ3v) is 4.44. The summed E-state index contributed by atoms with van der Waals surface area (Å²) in [7, 11) is 0. The van der Waals surface area contributed by atoms with Gasteiger partial charge in [0.05, 0.1) is 5.56 Å². The second-order valence-corrected chi connectivity index (χ2v) is 6.55. The summed E-state index contributed by atoms with van der Waals surface area (Å²) in [6, 6.07) is 8.47. The van der Waals surface area contributed by atoms with Gasteiger partial charge in [0.1, 0.15) is 18.5 Å². The number of hydrogen-bond acceptors (Lipinski definition) is 3. The first-order valence-corrected chi connectivity index (χ1v) is 8.78. The van der Waals surface area contributed by atoms with Gasteiger partial charge in [-0.25, -0.2) is 9.18 Å². The zero-order valence-corrected chi connectivity index (χ0v) is 15.4. The van der Waals surface area contributed by atoms with Crippen LogP contribution < -0.4 is 11.1 Å². The average molecular weight is 423 g/mol. The minimum Gasteiger partial charge on any atom is -0.445 e. The number of halogens is 4. The molecule has 2 amide bonds. The fraction of sp³-hybridized carbons (Fsp3) is 0.200. The molecular weight excluding hydrogens is 406 g/mol. The van der Waals surface area contributed by atoms with Gasteiger partial charge >= 0.3 is 12.3 Å². The highest BCUT2D eigenvalue weighted by molar-refractivity contribution is 5.87. The quantitative estimate of drug-likeness (QED) is 0.528. The summed E-state index contributed by atoms with van der Waals surface area (Å²) in [4.78, 5) is 26.8. The Morgan fingerprint density at radius 2 is 1.90 bits per heavy atom. The fourth-order valence-electron chi connectivity index (χ4n) is 2.95. The molecule has 30 heavy (non-hydrogen) atoms. The SMILES string of the molecule is NC(=O)C(Cc1c[nH]c2ccccc12)NC(=O)OCc1ccc(C(F)(F)F)c(F)c1. The lowest BCUT2D eigenvalue weighted by molar-refractivity contribution is -0.140. The number of H-pyrrole nitrogens is 1. The number of rotatable bonds is 6. The molecule has 6 nitrogen and oxygen atoms in total. The normalized spacial score (nSPS) is 12.5. The number of fused-ring (bicyclic) bond motifs is 1. The first-order chi connectivity index (χ1) is 14.1. The molecule has 1 atom stereocenters. The van der Waals surface area contributed by atoms with Crippen LogP contribution in [0.5, 0.6) is 0 Å². The van der Waals surface area contributed by atoms with Gasteiger partial charge in [-0.2, -0.15) is 13.2 Å². The number of amides is 2. The van der Waals surface area contributed by atoms with Gasteiger partial charge in [-0.15, -0.1) is 0 Å². The molecule has 10 heteroatoms. The number of para-hydroxylation sites is 1. The second-order valence-electron chi connectivity index (χ2n) is 6.55. The van der Waals surface area contributed by atoms with Crippen LogP contribution in [0.2, 0.25) is 0 Å². The minimum absolute atomic E-state index is 0.0166. The summed E-state index contributed by atoms with van der Waals surface area (Å²) in [5.74, 6) is -2.27. The van der Waals surface area contributed by atoms with Crippen molar-refractivity contribution < 1.29 is 31.9 Å². The van der Waals surface area contributed by atoms with Crippen molar-refractivity contribution in [2.24, 2.45) is 5.73 Å². The number of aromatic nitrogens is 1. The lowest BCUT2D eigenvalue weighted by atomic mass is 10.0. The Morgan fingerprint density at radius 3 is 2.57 bits per heavy atom. The molecule has 0 aliphatic carbocycles. The van der Waals surface area contributed by atoms with Crippen molar-refractivity contribution in [3.8, 4) is 0 Å². The Balaban J connectivity index is 1.62. The highest BCUT2D eigenvalue weighted by atomic mass is 19.4. The van der Waals surface area contributed by atoms with Crippen molar-refractivity contribution in [2.45, 2.75) is 25.2 Å². The molecule has 0 bridgehead atoms. The molecule has 3 aromatic rings. The van der Waals surface area contributed by atoms with Crippen molar-refractivity contribution in [3.05, 3.63) is 71.2 Å². The number of ether oxygens (including phenoxy) is 1. The summed E-state index contributed by atoms with van der Waals surface area (Å²) in [5.41, 5.74) is 5.56. The zero-order chi connectivity index (χ0) is 21.9. The van der Waals surface area contributed by atoms with E-state index in [-0.39, 0.29) is 12.0 Å². The van der Waals surface area contributed by atoms with Crippen molar-refractivity contribution in [2.75, 3.05) is 0 Å². The number of alkyl carbamates (subject to hydrolysis) is 1. The third kappa shape index (κ3) is 4.88. The van der Waals surface area contributed by atoms with Crippen LogP contribution in [0.1, 0.15) is 16.7 Å². The molecule has 0 saturated heterocycles. The van der Waals surface area contributed by atoms with E-state index in [2.05, 4.69) is 10.3 Å². The fourth-order valence-corrected chi connectivity index (χ4v) is 2.95. The molecular formula is C20H17F4N3O3. The maximum Gasteiger partial charge on any atom is 0.419 e. The predicted molar refractivity (Wildman–Crippen MR) is 99.7 cm³/mol. The lowest BCUT2D eigenvalue weighted by Crippen LogP contribution is -2.46. The van der Waals surface area contributed by atoms with Gasteiger partial charge in [-0.3, -0.25) is 4.79 Å². The number of aromatic amines is 1. The maximum absolute atomic E-state index is 13.6. The van der Waals surface area contributed by atoms with Crippen molar-refractivity contribution in [3.63, 3.8) is 0 Å². The molecule has 0 aliphatic heterocycles. The topological polar surface area (TPSA) is 97.2 Å². The van der Waals surface area contributed by atoms with E-state index in [1.165, 1.54) is 0 Å². The molecule has 1 unspecified atom stereocenters. The summed E-state index contributed by atoms with van der Waals surface area (Å²) < 4.78 is 56.2. The third-order valence-electron chi connectivity index (χ3n) is 4.44. The largest absolute Gasteiger partial charge is 0.445 e. The standard InChI is InChI=1S/C20H17F4N3O3/c21-15-7-11(5-6-14(15)20(22,23)24)10-30-19(29)27-17(18(25)28)8-12-9-26-16-4-2-1-3-13(12)16/h1-7,9,17,26H,8,10H2,(H2,25,28)(H,27,29). The Kier molecular flexibility index (Phi) is 5.95. The Hall–Kier alpha value is -3.56. The van der Waals surface area contributed by atoms with Crippen molar-refractivity contribution in [1.29, 1.82) is 0 Å². The smallest absolute Gasteiger partial charge is 0.419 e. The molecule has 0 fully saturated rings. The van der Waals surface area contributed by atoms with Gasteiger partial charge < -0.3 is 20.8 Å². The van der Waals surface area contributed by atoms with Crippen LogP contribution >= 0.6 is 0 Å². The van der Waals surface area contributed by atoms with E-state index in [4.69, 9.17) is 10.5 Å². The summed E-state index contributed by atoms with van der Waals surface area (Å²) >= 11 is 0. The number of nitrogens with two attached hydrogens (primary N) is 1. The van der Waals surface area contributed by atoms with E-state index in [0.717, 1.165) is 22.5 Å². The van der Waals surface area contributed by atoms with Crippen LogP contribution in [0, 0.1) is 5.82 Å². The Morgan fingerprint density at radius 1 is 1.17 bits per heavy atom. The summed E-state index contributed by atoms with van der Waals surface area (Å²) in [6.07, 6.45) is -4.04. The monoisotopic (exact) mass is 423 g/mol. The van der Waals surface area contributed by atoms with Crippen LogP contribution in [0.3, 0.4) is 0 Å². The van der Waals surface area contributed by atoms with Gasteiger partial charge in [-0.05, 0) is 29.3 Å². The van der Waals surface area contributed by atoms with E-state index in [0.29, 0.717) is 12.1 Å². The van der Waals surface area contributed by atoms with Gasteiger partial charge in [0.25, 0.3) is 0 Å². The summed E-state index contributed by atoms with van der Waals surface area (Å²) in [6.45, 7) is -0.487. The molecule has 3 rings (SSSR count). The zero-order valence-electron chi connectivity index (χ0n) is 15.4. The van der Waals surface area contributed by atoms with Gasteiger partial charge in [-0.1, -0.05) is 24.3 Å². The number of hydrogen-bond donors (Lipinski definition) is 3. The van der Waals surface area contributed by atoms with E-state index < -0.39 is 42.2 Å². The summed E-state index contributed by atoms with van der Waals surface area (Å²) in [5, 5.41) is 3.18. The molecule has 0 radical (unpaired) electrons. The van der Waals surface area contributed by atoms with E-state index in [9.17, 15) is 27.2 Å². The number of nitrogens with one attached hydrogen (secondary N) is 2. The van der Waals surface area contributed by atoms with E-state index in [1.54, 1.807) is 6.20 Å². The number of carbonyl (C=O) groups excluding carboxylic acids is 2. The number of primary amides is 1. The Labute approximate surface area is 168 Å². The van der Waals surface area contributed by atoms with Crippen LogP contribution in [0.15, 0.2) is 48.7 Å². The number of carbonyl (C=O) groups is 2. The number of alkyl halides is 3. The van der Waals surface area contributed by atoms with Crippen molar-refractivity contribution >= 4 is 22.9 Å². The van der Waals surface area contributed by atoms with Gasteiger partial charge in [0, 0.05) is 23.5 Å². The second kappa shape index (κ2) is 8.44. The first-order valence-electron chi connectivity index (χ1n) is 8.78. The van der Waals surface area contributed by atoms with Crippen LogP contribution in [-0.4, -0.2) is 23.0 Å². The molecule has 0 spiro atoms. The molecule has 1 heterocycles. The van der Waals surface area contributed by atoms with Gasteiger partial charge in [0.2, 0.25) is 5.91 Å². The molecule has 2 aromatic carbocycles. The molecule has 4 N–H and O–H groups in total. The van der Waals surface area contributed by atoms with Crippen LogP contribution in [0.25, 0.3) is 10.9 Å². The average Bonchev–Trinajstić information content (AvgIpc) is 3.08. The highest BCUT2D eigenvalue weighted by Gasteiger charge is 2.34. The van der Waals surface area contributed by atoms with Crippen LogP contribution in [-0.2, 0) is 28.7 Å². The molecule has 0 saturated carbocycles. The van der Waals surface area contributed by atoms with E-state index in [1.807, 2.05) is 24.3 Å². The molecule has 0 aliphatic rings. The van der Waals surface area contributed by atoms with E-state index >= 15 is 0 Å². The maximum atomic E-state index is 13.6. The lowest BCUT2D eigenvalue weighted by Gasteiger charge is -2.15. The van der Waals surface area contributed by atoms with Gasteiger partial charge in [0.15, 0.2) is 0 Å². The molecule has 158 valence electrons. The van der Waals surface area contributed by atoms with Crippen LogP contribution in [0.4, 0.5) is 22.4 Å². The predicted octanol–water partition coefficient (Wildman–Crippen LogP) is 3.65.